The van der Waals surface area contributed by atoms with Gasteiger partial charge in [0.25, 0.3) is 11.8 Å². The van der Waals surface area contributed by atoms with Gasteiger partial charge in [0.15, 0.2) is 0 Å². The van der Waals surface area contributed by atoms with Gasteiger partial charge in [-0.25, -0.2) is 0 Å². The number of ether oxygens (including phenoxy) is 1. The number of carbonyl (C=O) groups excluding carboxylic acids is 2. The van der Waals surface area contributed by atoms with E-state index in [0.29, 0.717) is 39.2 Å². The van der Waals surface area contributed by atoms with E-state index in [4.69, 9.17) is 14.3 Å². The zero-order valence-corrected chi connectivity index (χ0v) is 14.2. The molecule has 1 aromatic heterocycles. The number of hydrogen-bond acceptors (Lipinski definition) is 5. The number of carbonyl (C=O) groups is 2. The number of hydrogen-bond donors (Lipinski definition) is 1. The second-order valence-electron chi connectivity index (χ2n) is 6.15. The molecule has 1 aliphatic heterocycles. The molecule has 3 aromatic rings. The van der Waals surface area contributed by atoms with Crippen molar-refractivity contribution in [1.82, 2.24) is 4.90 Å². The minimum absolute atomic E-state index is 0.0127. The van der Waals surface area contributed by atoms with Crippen LogP contribution in [0.4, 0.5) is 0 Å². The molecular weight excluding hydrogens is 322 g/mol. The van der Waals surface area contributed by atoms with Crippen molar-refractivity contribution in [2.45, 2.75) is 13.8 Å². The van der Waals surface area contributed by atoms with Crippen LogP contribution < -0.4 is 4.74 Å². The highest BCUT2D eigenvalue weighted by molar-refractivity contribution is 6.26. The van der Waals surface area contributed by atoms with Crippen LogP contribution in [0.5, 0.6) is 5.75 Å². The summed E-state index contributed by atoms with van der Waals surface area (Å²) in [7, 11) is 1.59. The molecule has 0 bridgehead atoms. The van der Waals surface area contributed by atoms with Gasteiger partial charge in [0.05, 0.1) is 31.4 Å². The second kappa shape index (κ2) is 5.32. The van der Waals surface area contributed by atoms with Crippen LogP contribution in [0.1, 0.15) is 31.8 Å². The first-order chi connectivity index (χ1) is 12.0. The maximum Gasteiger partial charge on any atom is 0.262 e. The quantitative estimate of drug-likeness (QED) is 0.742. The van der Waals surface area contributed by atoms with Crippen LogP contribution in [0.25, 0.3) is 21.9 Å². The predicted molar refractivity (Wildman–Crippen MR) is 92.2 cm³/mol. The molecule has 0 aliphatic carbocycles. The normalized spacial score (nSPS) is 14.0. The average molecular weight is 339 g/mol. The first-order valence-electron chi connectivity index (χ1n) is 8.00. The first kappa shape index (κ1) is 15.7. The van der Waals surface area contributed by atoms with Gasteiger partial charge in [0, 0.05) is 16.3 Å². The van der Waals surface area contributed by atoms with E-state index in [1.165, 1.54) is 0 Å². The zero-order valence-electron chi connectivity index (χ0n) is 14.2. The topological polar surface area (TPSA) is 80.0 Å². The lowest BCUT2D eigenvalue weighted by molar-refractivity contribution is 0.0623. The minimum Gasteiger partial charge on any atom is -0.497 e. The third-order valence-electron chi connectivity index (χ3n) is 4.85. The number of aryl methyl sites for hydroxylation is 2. The van der Waals surface area contributed by atoms with Crippen molar-refractivity contribution in [2.75, 3.05) is 20.3 Å². The van der Waals surface area contributed by atoms with Crippen LogP contribution in [-0.2, 0) is 0 Å². The molecule has 0 atom stereocenters. The van der Waals surface area contributed by atoms with Crippen molar-refractivity contribution >= 4 is 33.8 Å². The van der Waals surface area contributed by atoms with E-state index in [1.54, 1.807) is 14.0 Å². The first-order valence-corrected chi connectivity index (χ1v) is 8.00. The van der Waals surface area contributed by atoms with Crippen molar-refractivity contribution < 1.29 is 23.8 Å². The monoisotopic (exact) mass is 339 g/mol. The van der Waals surface area contributed by atoms with Gasteiger partial charge in [0.1, 0.15) is 16.9 Å². The number of furan rings is 1. The van der Waals surface area contributed by atoms with E-state index in [9.17, 15) is 9.59 Å². The lowest BCUT2D eigenvalue weighted by Gasteiger charge is -2.11. The van der Waals surface area contributed by atoms with Crippen molar-refractivity contribution in [3.05, 3.63) is 40.5 Å². The fraction of sp³-hybridized carbons (Fsp3) is 0.263. The Morgan fingerprint density at radius 2 is 1.80 bits per heavy atom. The van der Waals surface area contributed by atoms with Gasteiger partial charge in [-0.1, -0.05) is 0 Å². The third kappa shape index (κ3) is 1.94. The van der Waals surface area contributed by atoms with Crippen molar-refractivity contribution in [3.8, 4) is 5.75 Å². The highest BCUT2D eigenvalue weighted by Gasteiger charge is 2.39. The van der Waals surface area contributed by atoms with Gasteiger partial charge in [-0.2, -0.15) is 0 Å². The van der Waals surface area contributed by atoms with E-state index in [2.05, 4.69) is 0 Å². The number of aliphatic hydroxyl groups is 1. The SMILES string of the molecule is COc1ccc2oc3c(C)c4c(c(C)c3c2c1)C(=O)N(CCO)C4=O. The van der Waals surface area contributed by atoms with Gasteiger partial charge in [-0.05, 0) is 37.6 Å². The van der Waals surface area contributed by atoms with E-state index in [-0.39, 0.29) is 25.0 Å². The van der Waals surface area contributed by atoms with Crippen molar-refractivity contribution in [2.24, 2.45) is 0 Å². The fourth-order valence-electron chi connectivity index (χ4n) is 3.65. The van der Waals surface area contributed by atoms with Crippen LogP contribution in [-0.4, -0.2) is 42.1 Å². The minimum atomic E-state index is -0.380. The third-order valence-corrected chi connectivity index (χ3v) is 4.85. The van der Waals surface area contributed by atoms with Crippen LogP contribution in [0.3, 0.4) is 0 Å². The molecule has 0 fully saturated rings. The van der Waals surface area contributed by atoms with Crippen LogP contribution in [0.2, 0.25) is 0 Å². The Morgan fingerprint density at radius 3 is 2.44 bits per heavy atom. The Balaban J connectivity index is 2.10. The smallest absolute Gasteiger partial charge is 0.262 e. The van der Waals surface area contributed by atoms with Gasteiger partial charge in [-0.3, -0.25) is 14.5 Å². The summed E-state index contributed by atoms with van der Waals surface area (Å²) in [5.41, 5.74) is 3.40. The number of amides is 2. The van der Waals surface area contributed by atoms with Crippen molar-refractivity contribution in [1.29, 1.82) is 0 Å². The number of nitrogens with zero attached hydrogens (tertiary/aromatic N) is 1. The summed E-state index contributed by atoms with van der Waals surface area (Å²) in [6, 6.07) is 5.50. The molecule has 1 N–H and O–H groups in total. The number of rotatable bonds is 3. The summed E-state index contributed by atoms with van der Waals surface area (Å²) < 4.78 is 11.3. The summed E-state index contributed by atoms with van der Waals surface area (Å²) in [6.45, 7) is 3.33. The molecule has 2 amide bonds. The molecule has 1 aliphatic rings. The lowest BCUT2D eigenvalue weighted by atomic mass is 9.94. The molecule has 2 aromatic carbocycles. The van der Waals surface area contributed by atoms with E-state index >= 15 is 0 Å². The Bertz CT molecular complexity index is 1060. The highest BCUT2D eigenvalue weighted by Crippen LogP contribution is 2.41. The number of β-amino-alcohol motifs (C(OH)–C–C–N with tert-alkyl or cyclic N) is 1. The van der Waals surface area contributed by atoms with Gasteiger partial charge in [0.2, 0.25) is 0 Å². The molecule has 0 saturated heterocycles. The van der Waals surface area contributed by atoms with Crippen LogP contribution >= 0.6 is 0 Å². The molecule has 2 heterocycles. The molecule has 25 heavy (non-hydrogen) atoms. The number of fused-ring (bicyclic) bond motifs is 4. The van der Waals surface area contributed by atoms with Gasteiger partial charge < -0.3 is 14.3 Å². The number of benzene rings is 2. The zero-order chi connectivity index (χ0) is 17.9. The Kier molecular flexibility index (Phi) is 3.33. The molecule has 128 valence electrons. The predicted octanol–water partition coefficient (Wildman–Crippen LogP) is 2.80. The summed E-state index contributed by atoms with van der Waals surface area (Å²) in [5.74, 6) is -0.0551. The van der Waals surface area contributed by atoms with Gasteiger partial charge >= 0.3 is 0 Å². The molecule has 4 rings (SSSR count). The average Bonchev–Trinajstić information content (AvgIpc) is 3.10. The number of methoxy groups -OCH3 is 1. The summed E-state index contributed by atoms with van der Waals surface area (Å²) in [6.07, 6.45) is 0. The molecule has 0 unspecified atom stereocenters. The van der Waals surface area contributed by atoms with Crippen molar-refractivity contribution in [3.63, 3.8) is 0 Å². The van der Waals surface area contributed by atoms with E-state index in [1.807, 2.05) is 25.1 Å². The standard InChI is InChI=1S/C19H17NO5/c1-9-14-12-8-11(24-3)4-5-13(12)25-17(14)10(2)16-15(9)18(22)20(6-7-21)19(16)23/h4-5,8,21H,6-7H2,1-3H3. The van der Waals surface area contributed by atoms with Crippen LogP contribution in [0, 0.1) is 13.8 Å². The molecule has 0 radical (unpaired) electrons. The Hall–Kier alpha value is -2.86. The highest BCUT2D eigenvalue weighted by atomic mass is 16.5. The van der Waals surface area contributed by atoms with Gasteiger partial charge in [-0.15, -0.1) is 0 Å². The van der Waals surface area contributed by atoms with E-state index in [0.717, 1.165) is 15.7 Å². The fourth-order valence-corrected chi connectivity index (χ4v) is 3.65. The maximum absolute atomic E-state index is 12.7. The number of aliphatic hydroxyl groups excluding tert-OH is 1. The Morgan fingerprint density at radius 1 is 1.12 bits per heavy atom. The summed E-state index contributed by atoms with van der Waals surface area (Å²) in [5, 5.41) is 10.8. The maximum atomic E-state index is 12.7. The van der Waals surface area contributed by atoms with Crippen LogP contribution in [0.15, 0.2) is 22.6 Å². The summed E-state index contributed by atoms with van der Waals surface area (Å²) >= 11 is 0. The second-order valence-corrected chi connectivity index (χ2v) is 6.15. The Labute approximate surface area is 143 Å². The molecular formula is C19H17NO5. The molecule has 0 spiro atoms. The largest absolute Gasteiger partial charge is 0.497 e. The molecule has 0 saturated carbocycles. The van der Waals surface area contributed by atoms with E-state index < -0.39 is 0 Å². The summed E-state index contributed by atoms with van der Waals surface area (Å²) in [4.78, 5) is 26.5. The molecule has 6 nitrogen and oxygen atoms in total. The lowest BCUT2D eigenvalue weighted by Crippen LogP contribution is -2.32. The number of imide groups is 1. The molecule has 6 heteroatoms.